The summed E-state index contributed by atoms with van der Waals surface area (Å²) in [4.78, 5) is 19.8. The van der Waals surface area contributed by atoms with E-state index < -0.39 is 0 Å². The smallest absolute Gasteiger partial charge is 0.226 e. The van der Waals surface area contributed by atoms with Gasteiger partial charge in [-0.15, -0.1) is 0 Å². The van der Waals surface area contributed by atoms with Gasteiger partial charge in [0.05, 0.1) is 17.8 Å². The average Bonchev–Trinajstić information content (AvgIpc) is 3.43. The van der Waals surface area contributed by atoms with Gasteiger partial charge in [0.25, 0.3) is 0 Å². The van der Waals surface area contributed by atoms with Crippen LogP contribution in [-0.2, 0) is 11.2 Å². The second kappa shape index (κ2) is 11.6. The zero-order valence-corrected chi connectivity index (χ0v) is 23.9. The molecular weight excluding hydrogens is 526 g/mol. The van der Waals surface area contributed by atoms with Gasteiger partial charge in [-0.05, 0) is 92.1 Å². The summed E-state index contributed by atoms with van der Waals surface area (Å²) < 4.78 is 2.23. The van der Waals surface area contributed by atoms with E-state index >= 15 is 0 Å². The lowest BCUT2D eigenvalue weighted by Gasteiger charge is -2.28. The molecule has 0 unspecified atom stereocenters. The van der Waals surface area contributed by atoms with Crippen LogP contribution >= 0.6 is 23.8 Å². The standard InChI is InChI=1S/C31H32ClN5OS/c1-4-22-9-5-6-10-26(22)34-28(38)16-18-36-30(29(35-31(36)39)27-11-7-8-17-33-27)25-19-20(2)37(21(25)3)24-14-12-23(32)13-15-24/h5-15,17,19,29-30H,4,16,18H2,1-3H3,(H,34,38)(H,35,39)/t29-,30-/m0/s1. The number of para-hydroxylation sites is 1. The fourth-order valence-electron chi connectivity index (χ4n) is 5.44. The van der Waals surface area contributed by atoms with Crippen LogP contribution in [0.3, 0.4) is 0 Å². The van der Waals surface area contributed by atoms with Gasteiger partial charge in [-0.3, -0.25) is 9.78 Å². The van der Waals surface area contributed by atoms with Crippen LogP contribution in [0.4, 0.5) is 5.69 Å². The first-order valence-electron chi connectivity index (χ1n) is 13.2. The lowest BCUT2D eigenvalue weighted by atomic mass is 9.96. The Morgan fingerprint density at radius 2 is 1.82 bits per heavy atom. The lowest BCUT2D eigenvalue weighted by molar-refractivity contribution is -0.116. The van der Waals surface area contributed by atoms with Crippen molar-refractivity contribution in [2.24, 2.45) is 0 Å². The molecule has 6 nitrogen and oxygen atoms in total. The van der Waals surface area contributed by atoms with Crippen molar-refractivity contribution in [1.29, 1.82) is 0 Å². The molecule has 2 atom stereocenters. The number of aromatic nitrogens is 2. The van der Waals surface area contributed by atoms with Crippen LogP contribution in [-0.4, -0.2) is 32.0 Å². The number of benzene rings is 2. The fourth-order valence-corrected chi connectivity index (χ4v) is 5.90. The Kier molecular flexibility index (Phi) is 8.00. The zero-order valence-electron chi connectivity index (χ0n) is 22.3. The Morgan fingerprint density at radius 1 is 1.08 bits per heavy atom. The van der Waals surface area contributed by atoms with Gasteiger partial charge in [0.15, 0.2) is 5.11 Å². The first-order chi connectivity index (χ1) is 18.9. The number of carbonyl (C=O) groups excluding carboxylic acids is 1. The summed E-state index contributed by atoms with van der Waals surface area (Å²) in [6.45, 7) is 6.79. The highest BCUT2D eigenvalue weighted by Crippen LogP contribution is 2.41. The van der Waals surface area contributed by atoms with Gasteiger partial charge in [-0.1, -0.05) is 42.8 Å². The van der Waals surface area contributed by atoms with Gasteiger partial charge in [0.2, 0.25) is 5.91 Å². The van der Waals surface area contributed by atoms with Crippen LogP contribution in [0.2, 0.25) is 5.02 Å². The number of thiocarbonyl (C=S) groups is 1. The number of hydrogen-bond donors (Lipinski definition) is 2. The SMILES string of the molecule is CCc1ccccc1NC(=O)CCN1C(=S)N[C@@H](c2ccccn2)[C@@H]1c1cc(C)n(-c2ccc(Cl)cc2)c1C. The number of amides is 1. The maximum atomic E-state index is 13.0. The minimum absolute atomic E-state index is 0.0367. The second-order valence-electron chi connectivity index (χ2n) is 9.77. The molecule has 2 N–H and O–H groups in total. The molecule has 200 valence electrons. The van der Waals surface area contributed by atoms with E-state index in [9.17, 15) is 4.79 Å². The number of carbonyl (C=O) groups is 1. The van der Waals surface area contributed by atoms with Gasteiger partial charge in [-0.2, -0.15) is 0 Å². The molecule has 1 aliphatic rings. The third kappa shape index (κ3) is 5.56. The monoisotopic (exact) mass is 557 g/mol. The minimum atomic E-state index is -0.151. The van der Waals surface area contributed by atoms with E-state index in [2.05, 4.69) is 51.9 Å². The molecule has 5 rings (SSSR count). The highest BCUT2D eigenvalue weighted by atomic mass is 35.5. The highest BCUT2D eigenvalue weighted by molar-refractivity contribution is 7.80. The number of nitrogens with zero attached hydrogens (tertiary/aromatic N) is 3. The molecule has 0 aliphatic carbocycles. The Labute approximate surface area is 240 Å². The van der Waals surface area contributed by atoms with Gasteiger partial charge in [0, 0.05) is 46.9 Å². The summed E-state index contributed by atoms with van der Waals surface area (Å²) in [5.41, 5.74) is 7.29. The fraction of sp³-hybridized carbons (Fsp3) is 0.258. The number of rotatable bonds is 8. The molecule has 1 fully saturated rings. The van der Waals surface area contributed by atoms with Gasteiger partial charge in [-0.25, -0.2) is 0 Å². The molecule has 2 aromatic carbocycles. The predicted octanol–water partition coefficient (Wildman–Crippen LogP) is 6.71. The molecule has 1 amide bonds. The van der Waals surface area contributed by atoms with Crippen molar-refractivity contribution >= 4 is 40.5 Å². The maximum Gasteiger partial charge on any atom is 0.226 e. The lowest BCUT2D eigenvalue weighted by Crippen LogP contribution is -2.33. The molecule has 0 saturated carbocycles. The number of hydrogen-bond acceptors (Lipinski definition) is 3. The van der Waals surface area contributed by atoms with E-state index in [1.54, 1.807) is 6.20 Å². The van der Waals surface area contributed by atoms with E-state index in [-0.39, 0.29) is 18.0 Å². The molecule has 0 spiro atoms. The summed E-state index contributed by atoms with van der Waals surface area (Å²) >= 11 is 12.0. The molecule has 4 aromatic rings. The number of aryl methyl sites for hydroxylation is 2. The van der Waals surface area contributed by atoms with E-state index in [0.29, 0.717) is 23.1 Å². The Morgan fingerprint density at radius 3 is 2.54 bits per heavy atom. The van der Waals surface area contributed by atoms with Crippen molar-refractivity contribution < 1.29 is 4.79 Å². The number of nitrogens with one attached hydrogen (secondary N) is 2. The number of halogens is 1. The van der Waals surface area contributed by atoms with Crippen molar-refractivity contribution in [2.75, 3.05) is 11.9 Å². The molecule has 1 aliphatic heterocycles. The largest absolute Gasteiger partial charge is 0.352 e. The third-order valence-corrected chi connectivity index (χ3v) is 7.93. The van der Waals surface area contributed by atoms with Crippen molar-refractivity contribution in [3.63, 3.8) is 0 Å². The Hall–Kier alpha value is -3.68. The van der Waals surface area contributed by atoms with Crippen LogP contribution in [0.1, 0.15) is 53.6 Å². The van der Waals surface area contributed by atoms with Crippen molar-refractivity contribution in [1.82, 2.24) is 19.8 Å². The quantitative estimate of drug-likeness (QED) is 0.236. The van der Waals surface area contributed by atoms with Crippen molar-refractivity contribution in [2.45, 2.75) is 45.7 Å². The minimum Gasteiger partial charge on any atom is -0.352 e. The molecule has 0 bridgehead atoms. The topological polar surface area (TPSA) is 62.2 Å². The van der Waals surface area contributed by atoms with E-state index in [1.165, 1.54) is 0 Å². The highest BCUT2D eigenvalue weighted by Gasteiger charge is 2.41. The Bertz CT molecular complexity index is 1480. The maximum absolute atomic E-state index is 13.0. The van der Waals surface area contributed by atoms with Crippen molar-refractivity contribution in [3.05, 3.63) is 112 Å². The summed E-state index contributed by atoms with van der Waals surface area (Å²) in [5.74, 6) is -0.0367. The van der Waals surface area contributed by atoms with Crippen LogP contribution in [0.15, 0.2) is 79.0 Å². The summed E-state index contributed by atoms with van der Waals surface area (Å²) in [5, 5.41) is 7.91. The van der Waals surface area contributed by atoms with E-state index in [4.69, 9.17) is 23.8 Å². The second-order valence-corrected chi connectivity index (χ2v) is 10.6. The number of anilines is 1. The molecule has 8 heteroatoms. The number of pyridine rings is 1. The summed E-state index contributed by atoms with van der Waals surface area (Å²) in [6, 6.07) is 23.6. The Balaban J connectivity index is 1.46. The molecule has 3 heterocycles. The molecule has 2 aromatic heterocycles. The van der Waals surface area contributed by atoms with Gasteiger partial charge in [0.1, 0.15) is 0 Å². The van der Waals surface area contributed by atoms with E-state index in [1.807, 2.05) is 66.7 Å². The normalized spacial score (nSPS) is 16.8. The predicted molar refractivity (Wildman–Crippen MR) is 161 cm³/mol. The van der Waals surface area contributed by atoms with Crippen molar-refractivity contribution in [3.8, 4) is 5.69 Å². The third-order valence-electron chi connectivity index (χ3n) is 7.32. The van der Waals surface area contributed by atoms with Gasteiger partial charge >= 0.3 is 0 Å². The first-order valence-corrected chi connectivity index (χ1v) is 14.0. The average molecular weight is 558 g/mol. The first kappa shape index (κ1) is 26.9. The van der Waals surface area contributed by atoms with Gasteiger partial charge < -0.3 is 20.1 Å². The van der Waals surface area contributed by atoms with Crippen LogP contribution in [0.5, 0.6) is 0 Å². The molecule has 39 heavy (non-hydrogen) atoms. The molecule has 1 saturated heterocycles. The van der Waals surface area contributed by atoms with E-state index in [0.717, 1.165) is 46.0 Å². The zero-order chi connectivity index (χ0) is 27.5. The van der Waals surface area contributed by atoms with Crippen LogP contribution < -0.4 is 10.6 Å². The van der Waals surface area contributed by atoms with Crippen LogP contribution in [0.25, 0.3) is 5.69 Å². The molecular formula is C31H32ClN5OS. The summed E-state index contributed by atoms with van der Waals surface area (Å²) in [7, 11) is 0. The molecule has 0 radical (unpaired) electrons. The van der Waals surface area contributed by atoms with Crippen LogP contribution in [0, 0.1) is 13.8 Å². The summed E-state index contributed by atoms with van der Waals surface area (Å²) in [6.07, 6.45) is 2.96.